The van der Waals surface area contributed by atoms with Crippen LogP contribution in [0.5, 0.6) is 0 Å². The molecule has 2 fully saturated rings. The Labute approximate surface area is 514 Å². The van der Waals surface area contributed by atoms with Gasteiger partial charge in [-0.15, -0.1) is 0 Å². The number of aliphatic hydroxyl groups excluding tert-OH is 8. The first-order valence-electron chi connectivity index (χ1n) is 33.3. The van der Waals surface area contributed by atoms with Crippen molar-refractivity contribution in [2.75, 3.05) is 19.8 Å². The van der Waals surface area contributed by atoms with Gasteiger partial charge in [-0.2, -0.15) is 0 Å². The summed E-state index contributed by atoms with van der Waals surface area (Å²) in [4.78, 5) is 13.3. The molecule has 2 saturated heterocycles. The Kier molecular flexibility index (Phi) is 49.7. The molecule has 2 aliphatic rings. The second-order valence-corrected chi connectivity index (χ2v) is 22.9. The van der Waals surface area contributed by atoms with Gasteiger partial charge < -0.3 is 65.1 Å². The largest absolute Gasteiger partial charge is 0.394 e. The van der Waals surface area contributed by atoms with Crippen LogP contribution in [0, 0.1) is 0 Å². The Morgan fingerprint density at radius 2 is 0.812 bits per heavy atom. The van der Waals surface area contributed by atoms with Gasteiger partial charge in [-0.1, -0.05) is 251 Å². The number of unbranched alkanes of at least 4 members (excludes halogenated alkanes) is 19. The van der Waals surface area contributed by atoms with E-state index in [0.717, 1.165) is 116 Å². The fraction of sp³-hybridized carbons (Fsp3) is 0.704. The first-order valence-corrected chi connectivity index (χ1v) is 33.3. The van der Waals surface area contributed by atoms with Crippen LogP contribution in [0.25, 0.3) is 0 Å². The van der Waals surface area contributed by atoms with Gasteiger partial charge in [0.05, 0.1) is 32.0 Å². The van der Waals surface area contributed by atoms with E-state index in [0.29, 0.717) is 12.8 Å². The van der Waals surface area contributed by atoms with Crippen LogP contribution in [-0.2, 0) is 23.7 Å². The molecule has 85 heavy (non-hydrogen) atoms. The number of allylic oxidation sites excluding steroid dienone is 20. The van der Waals surface area contributed by atoms with Crippen molar-refractivity contribution < 1.29 is 64.6 Å². The molecule has 0 aromatic rings. The molecule has 0 aromatic heterocycles. The third-order valence-corrected chi connectivity index (χ3v) is 15.4. The van der Waals surface area contributed by atoms with Crippen molar-refractivity contribution in [1.29, 1.82) is 0 Å². The lowest BCUT2D eigenvalue weighted by Crippen LogP contribution is -2.65. The number of hydrogen-bond donors (Lipinski definition) is 9. The van der Waals surface area contributed by atoms with Gasteiger partial charge in [0, 0.05) is 6.42 Å². The predicted octanol–water partition coefficient (Wildman–Crippen LogP) is 12.9. The molecule has 486 valence electrons. The van der Waals surface area contributed by atoms with Crippen LogP contribution in [-0.4, -0.2) is 140 Å². The van der Waals surface area contributed by atoms with E-state index < -0.39 is 86.8 Å². The average Bonchev–Trinajstić information content (AvgIpc) is 3.70. The van der Waals surface area contributed by atoms with Gasteiger partial charge in [-0.3, -0.25) is 4.79 Å². The molecule has 2 rings (SSSR count). The Balaban J connectivity index is 1.69. The van der Waals surface area contributed by atoms with Crippen molar-refractivity contribution in [3.63, 3.8) is 0 Å². The molecule has 0 aromatic carbocycles. The monoisotopic (exact) mass is 1190 g/mol. The second kappa shape index (κ2) is 54.5. The highest BCUT2D eigenvalue weighted by Gasteiger charge is 2.51. The molecule has 0 bridgehead atoms. The molecule has 2 aliphatic heterocycles. The molecule has 12 atom stereocenters. The molecule has 12 unspecified atom stereocenters. The Morgan fingerprint density at radius 1 is 0.435 bits per heavy atom. The number of carbonyl (C=O) groups excluding carboxylic acids is 1. The van der Waals surface area contributed by atoms with E-state index in [1.807, 2.05) is 0 Å². The Morgan fingerprint density at radius 3 is 1.25 bits per heavy atom. The molecule has 1 amide bonds. The minimum absolute atomic E-state index is 0.235. The summed E-state index contributed by atoms with van der Waals surface area (Å²) >= 11 is 0. The summed E-state index contributed by atoms with van der Waals surface area (Å²) in [6, 6.07) is -0.852. The smallest absolute Gasteiger partial charge is 0.220 e. The normalized spacial score (nSPS) is 24.4. The maximum Gasteiger partial charge on any atom is 0.220 e. The van der Waals surface area contributed by atoms with Crippen LogP contribution in [0.15, 0.2) is 122 Å². The summed E-state index contributed by atoms with van der Waals surface area (Å²) in [5, 5.41) is 87.4. The molecular formula is C71H119NO13. The minimum atomic E-state index is -1.79. The van der Waals surface area contributed by atoms with Crippen LogP contribution < -0.4 is 5.32 Å². The summed E-state index contributed by atoms with van der Waals surface area (Å²) in [7, 11) is 0. The lowest BCUT2D eigenvalue weighted by molar-refractivity contribution is -0.359. The summed E-state index contributed by atoms with van der Waals surface area (Å²) in [5.74, 6) is -0.235. The highest BCUT2D eigenvalue weighted by atomic mass is 16.7. The number of carbonyl (C=O) groups is 1. The zero-order chi connectivity index (χ0) is 61.6. The first-order chi connectivity index (χ1) is 41.6. The number of hydrogen-bond acceptors (Lipinski definition) is 13. The predicted molar refractivity (Wildman–Crippen MR) is 345 cm³/mol. The number of rotatable bonds is 52. The quantitative estimate of drug-likeness (QED) is 0.0204. The third-order valence-electron chi connectivity index (χ3n) is 15.4. The van der Waals surface area contributed by atoms with Crippen LogP contribution in [0.4, 0.5) is 0 Å². The van der Waals surface area contributed by atoms with E-state index in [-0.39, 0.29) is 18.9 Å². The third kappa shape index (κ3) is 39.1. The molecule has 0 aliphatic carbocycles. The first kappa shape index (κ1) is 77.5. The van der Waals surface area contributed by atoms with E-state index in [4.69, 9.17) is 18.9 Å². The van der Waals surface area contributed by atoms with Crippen molar-refractivity contribution in [2.45, 2.75) is 299 Å². The minimum Gasteiger partial charge on any atom is -0.394 e. The molecule has 14 nitrogen and oxygen atoms in total. The summed E-state index contributed by atoms with van der Waals surface area (Å²) in [5.41, 5.74) is 0. The number of nitrogens with one attached hydrogen (secondary N) is 1. The highest BCUT2D eigenvalue weighted by molar-refractivity contribution is 5.76. The SMILES string of the molecule is CC/C=C\C/C=C\C/C=C\C/C=C\C/C=C\C/C=C\C/C=C\C/C=C\C/C=C\C/C=C\CCCCCCC(=O)NC(COC1OC(CO)C(OC2OC(CO)C(O)C(O)C2O)C(O)C1O)C(O)CCCCCCCCCCCCCCCCCC. The van der Waals surface area contributed by atoms with Gasteiger partial charge in [0.15, 0.2) is 12.6 Å². The van der Waals surface area contributed by atoms with Crippen LogP contribution >= 0.6 is 0 Å². The van der Waals surface area contributed by atoms with Gasteiger partial charge in [0.1, 0.15) is 48.8 Å². The van der Waals surface area contributed by atoms with E-state index >= 15 is 0 Å². The molecule has 0 radical (unpaired) electrons. The topological polar surface area (TPSA) is 228 Å². The fourth-order valence-electron chi connectivity index (χ4n) is 10.1. The number of aliphatic hydroxyl groups is 8. The highest BCUT2D eigenvalue weighted by Crippen LogP contribution is 2.30. The molecule has 0 saturated carbocycles. The molecule has 0 spiro atoms. The van der Waals surface area contributed by atoms with E-state index in [1.165, 1.54) is 77.0 Å². The Hall–Kier alpha value is -3.61. The van der Waals surface area contributed by atoms with Crippen LogP contribution in [0.1, 0.15) is 226 Å². The van der Waals surface area contributed by atoms with Crippen molar-refractivity contribution >= 4 is 5.91 Å². The van der Waals surface area contributed by atoms with Gasteiger partial charge in [0.2, 0.25) is 5.91 Å². The maximum absolute atomic E-state index is 13.3. The van der Waals surface area contributed by atoms with E-state index in [9.17, 15) is 45.6 Å². The van der Waals surface area contributed by atoms with Crippen molar-refractivity contribution in [3.8, 4) is 0 Å². The van der Waals surface area contributed by atoms with Crippen molar-refractivity contribution in [2.24, 2.45) is 0 Å². The fourth-order valence-corrected chi connectivity index (χ4v) is 10.1. The Bertz CT molecular complexity index is 1890. The van der Waals surface area contributed by atoms with Gasteiger partial charge >= 0.3 is 0 Å². The zero-order valence-corrected chi connectivity index (χ0v) is 52.6. The second-order valence-electron chi connectivity index (χ2n) is 22.9. The zero-order valence-electron chi connectivity index (χ0n) is 52.6. The summed E-state index contributed by atoms with van der Waals surface area (Å²) in [6.45, 7) is 2.72. The van der Waals surface area contributed by atoms with E-state index in [1.54, 1.807) is 0 Å². The van der Waals surface area contributed by atoms with Crippen LogP contribution in [0.2, 0.25) is 0 Å². The van der Waals surface area contributed by atoms with Crippen molar-refractivity contribution in [3.05, 3.63) is 122 Å². The van der Waals surface area contributed by atoms with Gasteiger partial charge in [-0.25, -0.2) is 0 Å². The molecule has 14 heteroatoms. The lowest BCUT2D eigenvalue weighted by Gasteiger charge is -2.46. The lowest BCUT2D eigenvalue weighted by atomic mass is 9.97. The summed E-state index contributed by atoms with van der Waals surface area (Å²) < 4.78 is 22.8. The maximum atomic E-state index is 13.3. The van der Waals surface area contributed by atoms with E-state index in [2.05, 4.69) is 141 Å². The molecular weight excluding hydrogens is 1070 g/mol. The molecule has 9 N–H and O–H groups in total. The van der Waals surface area contributed by atoms with Gasteiger partial charge in [0.25, 0.3) is 0 Å². The summed E-state index contributed by atoms with van der Waals surface area (Å²) in [6.07, 6.45) is 62.0. The number of ether oxygens (including phenoxy) is 4. The standard InChI is InChI=1S/C71H119NO13/c1-3-5-7-9-11-13-15-17-19-21-22-23-24-25-26-27-28-29-30-31-32-33-34-35-36-37-38-39-41-43-45-47-49-51-53-55-63(76)72-59(60(75)54-52-50-48-46-44-42-40-20-18-16-14-12-10-8-6-4-2)58-82-70-68(81)66(79)69(62(57-74)84-70)85-71-67(80)65(78)64(77)61(56-73)83-71/h5,7,11,13,17,19,22-23,25-26,28-29,31-32,34-35,37-38,41,43,59-62,64-71,73-75,77-81H,3-4,6,8-10,12,14-16,18,20-21,24,27,30,33,36,39-40,42,44-58H2,1-2H3,(H,72,76)/b7-5-,13-11-,19-17-,23-22-,26-25-,29-28-,32-31-,35-34-,38-37-,43-41-. The number of amides is 1. The average molecular weight is 1190 g/mol. The molecule has 2 heterocycles. The van der Waals surface area contributed by atoms with Crippen molar-refractivity contribution in [1.82, 2.24) is 5.32 Å². The van der Waals surface area contributed by atoms with Gasteiger partial charge in [-0.05, 0) is 89.9 Å². The van der Waals surface area contributed by atoms with Crippen LogP contribution in [0.3, 0.4) is 0 Å².